The average Bonchev–Trinajstić information content (AvgIpc) is 3.65. The smallest absolute Gasteiger partial charge is 0.333 e. The van der Waals surface area contributed by atoms with Crippen molar-refractivity contribution in [1.82, 2.24) is 0 Å². The molecule has 4 heteroatoms. The third-order valence-corrected chi connectivity index (χ3v) is 14.0. The Bertz CT molecular complexity index is 3110. The Labute approximate surface area is 358 Å². The zero-order valence-corrected chi connectivity index (χ0v) is 35.9. The normalized spacial score (nSPS) is 13.4. The molecule has 8 aromatic carbocycles. The molecule has 0 radical (unpaired) electrons. The molecule has 60 heavy (non-hydrogen) atoms. The highest BCUT2D eigenvalue weighted by molar-refractivity contribution is 7.26. The van der Waals surface area contributed by atoms with E-state index in [9.17, 15) is 0 Å². The largest absolute Gasteiger partial charge is 0.376 e. The third-order valence-electron chi connectivity index (χ3n) is 12.8. The molecule has 0 aliphatic carbocycles. The van der Waals surface area contributed by atoms with Crippen molar-refractivity contribution >= 4 is 77.7 Å². The lowest BCUT2D eigenvalue weighted by molar-refractivity contribution is 0.590. The first-order valence-electron chi connectivity index (χ1n) is 21.2. The molecule has 2 aliphatic rings. The Kier molecular flexibility index (Phi) is 8.31. The van der Waals surface area contributed by atoms with Gasteiger partial charge in [0.1, 0.15) is 0 Å². The Morgan fingerprint density at radius 3 is 1.83 bits per heavy atom. The quantitative estimate of drug-likeness (QED) is 0.164. The summed E-state index contributed by atoms with van der Waals surface area (Å²) in [5, 5.41) is 2.60. The number of anilines is 5. The average molecular weight is 791 g/mol. The highest BCUT2D eigenvalue weighted by Crippen LogP contribution is 2.53. The molecule has 9 aromatic rings. The Balaban J connectivity index is 1.30. The van der Waals surface area contributed by atoms with E-state index in [2.05, 4.69) is 227 Å². The second-order valence-electron chi connectivity index (χ2n) is 18.6. The summed E-state index contributed by atoms with van der Waals surface area (Å²) in [4.78, 5) is 5.28. The molecule has 2 aliphatic heterocycles. The van der Waals surface area contributed by atoms with Crippen molar-refractivity contribution in [2.45, 2.75) is 52.4 Å². The maximum atomic E-state index is 2.65. The summed E-state index contributed by atoms with van der Waals surface area (Å²) < 4.78 is 2.62. The van der Waals surface area contributed by atoms with E-state index in [-0.39, 0.29) is 17.7 Å². The molecule has 0 atom stereocenters. The molecule has 1 aromatic heterocycles. The van der Waals surface area contributed by atoms with E-state index < -0.39 is 0 Å². The van der Waals surface area contributed by atoms with Gasteiger partial charge in [-0.15, -0.1) is 11.3 Å². The van der Waals surface area contributed by atoms with Crippen LogP contribution >= 0.6 is 11.3 Å². The van der Waals surface area contributed by atoms with E-state index in [1.54, 1.807) is 0 Å². The van der Waals surface area contributed by atoms with E-state index >= 15 is 0 Å². The molecule has 0 spiro atoms. The van der Waals surface area contributed by atoms with E-state index in [0.29, 0.717) is 0 Å². The Morgan fingerprint density at radius 2 is 1.10 bits per heavy atom. The van der Waals surface area contributed by atoms with Crippen molar-refractivity contribution in [3.8, 4) is 33.4 Å². The molecule has 0 fully saturated rings. The maximum Gasteiger partial charge on any atom is 0.333 e. The van der Waals surface area contributed by atoms with Crippen molar-refractivity contribution < 1.29 is 0 Å². The summed E-state index contributed by atoms with van der Waals surface area (Å²) in [6.07, 6.45) is 0. The number of thiophene rings is 1. The fourth-order valence-electron chi connectivity index (χ4n) is 9.67. The summed E-state index contributed by atoms with van der Waals surface area (Å²) in [5.41, 5.74) is 18.8. The van der Waals surface area contributed by atoms with E-state index in [1.165, 1.54) is 104 Å². The molecule has 0 amide bonds. The summed E-state index contributed by atoms with van der Waals surface area (Å²) in [6, 6.07) is 66.3. The van der Waals surface area contributed by atoms with Crippen LogP contribution in [0.3, 0.4) is 0 Å². The van der Waals surface area contributed by atoms with Crippen LogP contribution in [0.1, 0.15) is 52.7 Å². The van der Waals surface area contributed by atoms with Gasteiger partial charge in [0, 0.05) is 43.7 Å². The van der Waals surface area contributed by atoms with Crippen LogP contribution in [0.15, 0.2) is 176 Å². The number of para-hydroxylation sites is 1. The molecule has 0 N–H and O–H groups in total. The summed E-state index contributed by atoms with van der Waals surface area (Å²) >= 11 is 1.92. The fraction of sp³-hybridized carbons (Fsp3) is 0.143. The Morgan fingerprint density at radius 1 is 0.450 bits per heavy atom. The lowest BCUT2D eigenvalue weighted by Crippen LogP contribution is -2.61. The minimum atomic E-state index is -0.0786. The molecule has 0 saturated heterocycles. The van der Waals surface area contributed by atoms with Crippen molar-refractivity contribution in [1.29, 1.82) is 0 Å². The number of benzene rings is 8. The monoisotopic (exact) mass is 790 g/mol. The van der Waals surface area contributed by atoms with Gasteiger partial charge in [0.15, 0.2) is 0 Å². The third kappa shape index (κ3) is 5.76. The van der Waals surface area contributed by atoms with E-state index in [4.69, 9.17) is 0 Å². The van der Waals surface area contributed by atoms with Gasteiger partial charge in [-0.25, -0.2) is 0 Å². The minimum absolute atomic E-state index is 0.0230. The van der Waals surface area contributed by atoms with Gasteiger partial charge < -0.3 is 9.71 Å². The van der Waals surface area contributed by atoms with Crippen LogP contribution in [0.4, 0.5) is 28.4 Å². The second-order valence-corrected chi connectivity index (χ2v) is 19.6. The first-order valence-corrected chi connectivity index (χ1v) is 22.0. The number of hydrogen-bond donors (Lipinski definition) is 0. The van der Waals surface area contributed by atoms with Crippen molar-refractivity contribution in [2.75, 3.05) is 9.71 Å². The van der Waals surface area contributed by atoms with Crippen LogP contribution < -0.4 is 20.6 Å². The predicted octanol–water partition coefficient (Wildman–Crippen LogP) is 14.7. The minimum Gasteiger partial charge on any atom is -0.376 e. The van der Waals surface area contributed by atoms with Crippen LogP contribution in [-0.2, 0) is 10.8 Å². The first kappa shape index (κ1) is 36.7. The topological polar surface area (TPSA) is 6.48 Å². The van der Waals surface area contributed by atoms with Crippen LogP contribution in [0.2, 0.25) is 0 Å². The molecule has 290 valence electrons. The number of rotatable bonds is 4. The zero-order chi connectivity index (χ0) is 40.9. The summed E-state index contributed by atoms with van der Waals surface area (Å²) in [5.74, 6) is 0. The molecular formula is C56H47BN2S. The Hall–Kier alpha value is -6.36. The molecular weight excluding hydrogens is 744 g/mol. The summed E-state index contributed by atoms with van der Waals surface area (Å²) in [6.45, 7) is 13.8. The number of hydrogen-bond acceptors (Lipinski definition) is 3. The summed E-state index contributed by atoms with van der Waals surface area (Å²) in [7, 11) is 0. The van der Waals surface area contributed by atoms with Crippen LogP contribution in [0.5, 0.6) is 0 Å². The molecule has 0 saturated carbocycles. The highest BCUT2D eigenvalue weighted by atomic mass is 32.1. The lowest BCUT2D eigenvalue weighted by Gasteiger charge is -2.46. The van der Waals surface area contributed by atoms with Crippen molar-refractivity contribution in [3.05, 3.63) is 187 Å². The van der Waals surface area contributed by atoms with Crippen molar-refractivity contribution in [2.24, 2.45) is 0 Å². The zero-order valence-electron chi connectivity index (χ0n) is 35.1. The standard InChI is InChI=1S/C56H47BN2S/c1-55(2,3)39-25-28-41(29-26-39)59-49-23-15-13-21-42(49)46-33-38(36-17-9-7-10-18-36)34-50-52(46)57(59)47-31-30-44-43-22-14-16-24-51(43)60-54(44)53(47)58(50)48-32-27-40(56(4,5)6)35-45(48)37-19-11-8-12-20-37/h7-35H,1-6H3. The molecule has 11 rings (SSSR count). The molecule has 0 bridgehead atoms. The molecule has 0 unspecified atom stereocenters. The van der Waals surface area contributed by atoms with Crippen LogP contribution in [0.25, 0.3) is 53.6 Å². The van der Waals surface area contributed by atoms with Crippen molar-refractivity contribution in [3.63, 3.8) is 0 Å². The van der Waals surface area contributed by atoms with E-state index in [0.717, 1.165) is 0 Å². The SMILES string of the molecule is CC(C)(C)c1ccc(N2B3c4ccc5c(sc6ccccc65)c4N(c4ccc(C(C)(C)C)cc4-c4ccccc4)c4cc(-c5ccccc5)cc(c43)-c3ccccc32)cc1. The van der Waals surface area contributed by atoms with Crippen LogP contribution in [0, 0.1) is 0 Å². The van der Waals surface area contributed by atoms with Gasteiger partial charge in [-0.3, -0.25) is 0 Å². The van der Waals surface area contributed by atoms with Gasteiger partial charge in [0.2, 0.25) is 0 Å². The van der Waals surface area contributed by atoms with Gasteiger partial charge in [-0.05, 0) is 104 Å². The lowest BCUT2D eigenvalue weighted by atomic mass is 9.43. The van der Waals surface area contributed by atoms with Gasteiger partial charge in [-0.1, -0.05) is 169 Å². The number of nitrogens with zero attached hydrogens (tertiary/aromatic N) is 2. The fourth-order valence-corrected chi connectivity index (χ4v) is 10.9. The molecule has 3 heterocycles. The maximum absolute atomic E-state index is 2.65. The first-order chi connectivity index (χ1) is 29.0. The van der Waals surface area contributed by atoms with Gasteiger partial charge in [0.25, 0.3) is 0 Å². The van der Waals surface area contributed by atoms with Gasteiger partial charge in [0.05, 0.1) is 16.1 Å². The second kappa shape index (κ2) is 13.6. The predicted molar refractivity (Wildman–Crippen MR) is 261 cm³/mol. The van der Waals surface area contributed by atoms with Crippen LogP contribution in [-0.4, -0.2) is 6.85 Å². The van der Waals surface area contributed by atoms with Gasteiger partial charge in [-0.2, -0.15) is 0 Å². The molecule has 2 nitrogen and oxygen atoms in total. The van der Waals surface area contributed by atoms with E-state index in [1.807, 2.05) is 11.3 Å². The highest BCUT2D eigenvalue weighted by Gasteiger charge is 2.46. The number of fused-ring (bicyclic) bond motifs is 8. The van der Waals surface area contributed by atoms with Gasteiger partial charge >= 0.3 is 6.85 Å².